The van der Waals surface area contributed by atoms with Crippen molar-refractivity contribution in [2.24, 2.45) is 0 Å². The molecule has 1 fully saturated rings. The number of rotatable bonds is 5. The second-order valence-corrected chi connectivity index (χ2v) is 8.69. The van der Waals surface area contributed by atoms with Crippen LogP contribution in [0.5, 0.6) is 0 Å². The van der Waals surface area contributed by atoms with E-state index >= 15 is 0 Å². The van der Waals surface area contributed by atoms with Gasteiger partial charge in [-0.1, -0.05) is 72.8 Å². The third-order valence-corrected chi connectivity index (χ3v) is 6.52. The van der Waals surface area contributed by atoms with Crippen LogP contribution in [0.3, 0.4) is 0 Å². The Labute approximate surface area is 199 Å². The fourth-order valence-electron chi connectivity index (χ4n) is 4.74. The first-order valence-corrected chi connectivity index (χ1v) is 11.7. The molecule has 6 heteroatoms. The number of piperazine rings is 1. The van der Waals surface area contributed by atoms with Gasteiger partial charge in [0.1, 0.15) is 11.9 Å². The third-order valence-electron chi connectivity index (χ3n) is 6.52. The van der Waals surface area contributed by atoms with Crippen LogP contribution < -0.4 is 0 Å². The molecule has 0 radical (unpaired) electrons. The van der Waals surface area contributed by atoms with Gasteiger partial charge in [-0.2, -0.15) is 0 Å². The largest absolute Gasteiger partial charge is 0.339 e. The van der Waals surface area contributed by atoms with E-state index in [0.717, 1.165) is 28.0 Å². The predicted octanol–water partition coefficient (Wildman–Crippen LogP) is 3.91. The van der Waals surface area contributed by atoms with E-state index in [-0.39, 0.29) is 11.8 Å². The molecule has 1 aromatic heterocycles. The Morgan fingerprint density at radius 3 is 2.06 bits per heavy atom. The third kappa shape index (κ3) is 4.31. The second kappa shape index (κ2) is 9.51. The second-order valence-electron chi connectivity index (χ2n) is 8.69. The summed E-state index contributed by atoms with van der Waals surface area (Å²) in [6, 6.07) is 27.6. The Hall–Kier alpha value is -3.93. The zero-order valence-electron chi connectivity index (χ0n) is 19.3. The highest BCUT2D eigenvalue weighted by Gasteiger charge is 2.33. The SMILES string of the molecule is CC(=O)N1CCN(C(=O)C(c2ccccc2)n2c(Cc3ccccc3)nc3ccccc32)CC1. The van der Waals surface area contributed by atoms with Crippen molar-refractivity contribution in [1.82, 2.24) is 19.4 Å². The molecule has 0 spiro atoms. The molecule has 3 aromatic carbocycles. The molecule has 0 aliphatic carbocycles. The van der Waals surface area contributed by atoms with Crippen LogP contribution in [-0.4, -0.2) is 57.3 Å². The van der Waals surface area contributed by atoms with Crippen LogP contribution in [0.25, 0.3) is 11.0 Å². The molecule has 0 saturated carbocycles. The number of para-hydroxylation sites is 2. The average molecular weight is 453 g/mol. The molecule has 1 aliphatic rings. The first kappa shape index (κ1) is 21.9. The van der Waals surface area contributed by atoms with Crippen LogP contribution in [-0.2, 0) is 16.0 Å². The van der Waals surface area contributed by atoms with Gasteiger partial charge in [-0.05, 0) is 23.3 Å². The molecular formula is C28H28N4O2. The van der Waals surface area contributed by atoms with Crippen LogP contribution in [0.2, 0.25) is 0 Å². The summed E-state index contributed by atoms with van der Waals surface area (Å²) in [7, 11) is 0. The summed E-state index contributed by atoms with van der Waals surface area (Å²) in [5, 5.41) is 0. The number of benzene rings is 3. The summed E-state index contributed by atoms with van der Waals surface area (Å²) in [5.74, 6) is 0.946. The maximum Gasteiger partial charge on any atom is 0.250 e. The highest BCUT2D eigenvalue weighted by molar-refractivity contribution is 5.87. The minimum absolute atomic E-state index is 0.0341. The molecular weight excluding hydrogens is 424 g/mol. The molecule has 6 nitrogen and oxygen atoms in total. The molecule has 1 aliphatic heterocycles. The van der Waals surface area contributed by atoms with Gasteiger partial charge in [0, 0.05) is 39.5 Å². The van der Waals surface area contributed by atoms with E-state index in [1.54, 1.807) is 11.8 Å². The summed E-state index contributed by atoms with van der Waals surface area (Å²) in [6.07, 6.45) is 0.629. The molecule has 2 amide bonds. The van der Waals surface area contributed by atoms with E-state index in [9.17, 15) is 9.59 Å². The molecule has 1 saturated heterocycles. The minimum atomic E-state index is -0.531. The van der Waals surface area contributed by atoms with E-state index in [1.807, 2.05) is 77.7 Å². The molecule has 0 bridgehead atoms. The van der Waals surface area contributed by atoms with Gasteiger partial charge in [-0.15, -0.1) is 0 Å². The summed E-state index contributed by atoms with van der Waals surface area (Å²) >= 11 is 0. The number of fused-ring (bicyclic) bond motifs is 1. The minimum Gasteiger partial charge on any atom is -0.339 e. The maximum atomic E-state index is 14.1. The maximum absolute atomic E-state index is 14.1. The van der Waals surface area contributed by atoms with Crippen molar-refractivity contribution in [3.8, 4) is 0 Å². The van der Waals surface area contributed by atoms with Gasteiger partial charge < -0.3 is 14.4 Å². The van der Waals surface area contributed by atoms with Crippen molar-refractivity contribution < 1.29 is 9.59 Å². The lowest BCUT2D eigenvalue weighted by Gasteiger charge is -2.36. The number of amides is 2. The lowest BCUT2D eigenvalue weighted by atomic mass is 10.0. The van der Waals surface area contributed by atoms with Crippen LogP contribution in [0.1, 0.15) is 29.9 Å². The van der Waals surface area contributed by atoms with Crippen molar-refractivity contribution >= 4 is 22.8 Å². The van der Waals surface area contributed by atoms with E-state index in [1.165, 1.54) is 0 Å². The average Bonchev–Trinajstić information content (AvgIpc) is 3.23. The van der Waals surface area contributed by atoms with Crippen molar-refractivity contribution in [2.45, 2.75) is 19.4 Å². The zero-order valence-corrected chi connectivity index (χ0v) is 19.3. The summed E-state index contributed by atoms with van der Waals surface area (Å²) < 4.78 is 2.11. The molecule has 0 N–H and O–H groups in total. The van der Waals surface area contributed by atoms with Crippen LogP contribution in [0, 0.1) is 0 Å². The standard InChI is InChI=1S/C28H28N4O2/c1-21(33)30-16-18-31(19-17-30)28(34)27(23-12-6-3-7-13-23)32-25-15-9-8-14-24(25)29-26(32)20-22-10-4-2-5-11-22/h2-15,27H,16-20H2,1H3. The molecule has 172 valence electrons. The predicted molar refractivity (Wildman–Crippen MR) is 132 cm³/mol. The van der Waals surface area contributed by atoms with Crippen molar-refractivity contribution in [1.29, 1.82) is 0 Å². The van der Waals surface area contributed by atoms with E-state index in [4.69, 9.17) is 4.98 Å². The van der Waals surface area contributed by atoms with Gasteiger partial charge >= 0.3 is 0 Å². The number of carbonyl (C=O) groups excluding carboxylic acids is 2. The molecule has 2 heterocycles. The van der Waals surface area contributed by atoms with Crippen LogP contribution in [0.4, 0.5) is 0 Å². The lowest BCUT2D eigenvalue weighted by molar-refractivity contribution is -0.139. The van der Waals surface area contributed by atoms with Gasteiger partial charge in [-0.25, -0.2) is 4.98 Å². The van der Waals surface area contributed by atoms with Crippen molar-refractivity contribution in [3.63, 3.8) is 0 Å². The van der Waals surface area contributed by atoms with Gasteiger partial charge in [0.2, 0.25) is 11.8 Å². The molecule has 4 aromatic rings. The molecule has 5 rings (SSSR count). The number of hydrogen-bond acceptors (Lipinski definition) is 3. The number of aromatic nitrogens is 2. The first-order valence-electron chi connectivity index (χ1n) is 11.7. The fraction of sp³-hybridized carbons (Fsp3) is 0.250. The van der Waals surface area contributed by atoms with Gasteiger partial charge in [0.25, 0.3) is 0 Å². The molecule has 34 heavy (non-hydrogen) atoms. The van der Waals surface area contributed by atoms with Crippen molar-refractivity contribution in [3.05, 3.63) is 102 Å². The number of imidazole rings is 1. The molecule has 1 unspecified atom stereocenters. The zero-order chi connectivity index (χ0) is 23.5. The fourth-order valence-corrected chi connectivity index (χ4v) is 4.74. The Morgan fingerprint density at radius 2 is 1.38 bits per heavy atom. The normalized spacial score (nSPS) is 14.9. The Kier molecular flexibility index (Phi) is 6.12. The Morgan fingerprint density at radius 1 is 0.794 bits per heavy atom. The van der Waals surface area contributed by atoms with Gasteiger partial charge in [-0.3, -0.25) is 9.59 Å². The van der Waals surface area contributed by atoms with E-state index in [2.05, 4.69) is 16.7 Å². The van der Waals surface area contributed by atoms with E-state index in [0.29, 0.717) is 32.6 Å². The molecule has 1 atom stereocenters. The van der Waals surface area contributed by atoms with Gasteiger partial charge in [0.15, 0.2) is 0 Å². The summed E-state index contributed by atoms with van der Waals surface area (Å²) in [5.41, 5.74) is 3.90. The monoisotopic (exact) mass is 452 g/mol. The Bertz CT molecular complexity index is 1290. The van der Waals surface area contributed by atoms with Crippen LogP contribution in [0.15, 0.2) is 84.9 Å². The smallest absolute Gasteiger partial charge is 0.250 e. The van der Waals surface area contributed by atoms with Crippen LogP contribution >= 0.6 is 0 Å². The highest BCUT2D eigenvalue weighted by atomic mass is 16.2. The topological polar surface area (TPSA) is 58.4 Å². The Balaban J connectivity index is 1.59. The lowest BCUT2D eigenvalue weighted by Crippen LogP contribution is -2.51. The van der Waals surface area contributed by atoms with Crippen molar-refractivity contribution in [2.75, 3.05) is 26.2 Å². The summed E-state index contributed by atoms with van der Waals surface area (Å²) in [6.45, 7) is 3.76. The van der Waals surface area contributed by atoms with E-state index < -0.39 is 6.04 Å². The number of hydrogen-bond donors (Lipinski definition) is 0. The summed E-state index contributed by atoms with van der Waals surface area (Å²) in [4.78, 5) is 34.5. The number of carbonyl (C=O) groups is 2. The van der Waals surface area contributed by atoms with Gasteiger partial charge in [0.05, 0.1) is 11.0 Å². The first-order chi connectivity index (χ1) is 16.6. The number of nitrogens with zero attached hydrogens (tertiary/aromatic N) is 4. The highest BCUT2D eigenvalue weighted by Crippen LogP contribution is 2.30. The quantitative estimate of drug-likeness (QED) is 0.461.